The van der Waals surface area contributed by atoms with Crippen LogP contribution < -0.4 is 0 Å². The molecule has 0 bridgehead atoms. The van der Waals surface area contributed by atoms with Crippen LogP contribution in [0.25, 0.3) is 22.1 Å². The number of hydrogen-bond acceptors (Lipinski definition) is 6. The molecule has 0 unspecified atom stereocenters. The van der Waals surface area contributed by atoms with E-state index in [1.165, 1.54) is 0 Å². The number of nitriles is 1. The maximum atomic E-state index is 11.7. The van der Waals surface area contributed by atoms with Crippen molar-refractivity contribution in [1.29, 1.82) is 5.26 Å². The third-order valence-corrected chi connectivity index (χ3v) is 8.83. The summed E-state index contributed by atoms with van der Waals surface area (Å²) in [7, 11) is 0. The molecule has 2 aliphatic rings. The molecule has 4 heterocycles. The van der Waals surface area contributed by atoms with E-state index < -0.39 is 5.97 Å². The number of ether oxygens (including phenoxy) is 1. The summed E-state index contributed by atoms with van der Waals surface area (Å²) in [5, 5.41) is 19.8. The highest BCUT2D eigenvalue weighted by Gasteiger charge is 2.30. The molecule has 2 aliphatic heterocycles. The zero-order valence-electron chi connectivity index (χ0n) is 23.1. The second-order valence-corrected chi connectivity index (χ2v) is 11.5. The first kappa shape index (κ1) is 26.7. The van der Waals surface area contributed by atoms with Crippen molar-refractivity contribution < 1.29 is 14.6 Å². The first-order valence-corrected chi connectivity index (χ1v) is 14.5. The predicted molar refractivity (Wildman–Crippen MR) is 159 cm³/mol. The van der Waals surface area contributed by atoms with E-state index in [-0.39, 0.29) is 17.7 Å². The molecule has 0 saturated carbocycles. The van der Waals surface area contributed by atoms with E-state index in [0.29, 0.717) is 30.1 Å². The van der Waals surface area contributed by atoms with Gasteiger partial charge < -0.3 is 19.0 Å². The van der Waals surface area contributed by atoms with Crippen LogP contribution in [0, 0.1) is 11.3 Å². The Labute approximate surface area is 247 Å². The number of aromatic carboxylic acids is 1. The lowest BCUT2D eigenvalue weighted by Crippen LogP contribution is -2.38. The molecular formula is C32H29ClN6O3. The number of rotatable bonds is 7. The van der Waals surface area contributed by atoms with E-state index in [1.807, 2.05) is 12.1 Å². The van der Waals surface area contributed by atoms with Crippen LogP contribution in [0.3, 0.4) is 0 Å². The van der Waals surface area contributed by atoms with E-state index in [2.05, 4.69) is 45.2 Å². The van der Waals surface area contributed by atoms with Gasteiger partial charge in [0.25, 0.3) is 0 Å². The minimum Gasteiger partial charge on any atom is -0.478 e. The number of para-hydroxylation sites is 1. The minimum absolute atomic E-state index is 0.0343. The molecule has 1 fully saturated rings. The molecule has 0 radical (unpaired) electrons. The lowest BCUT2D eigenvalue weighted by Gasteiger charge is -2.34. The third-order valence-electron chi connectivity index (χ3n) is 8.60. The van der Waals surface area contributed by atoms with Gasteiger partial charge in [-0.15, -0.1) is 0 Å². The molecule has 9 nitrogen and oxygen atoms in total. The van der Waals surface area contributed by atoms with E-state index in [0.717, 1.165) is 71.0 Å². The number of imidazole rings is 2. The van der Waals surface area contributed by atoms with Crippen LogP contribution in [0.2, 0.25) is 5.02 Å². The second-order valence-electron chi connectivity index (χ2n) is 11.1. The van der Waals surface area contributed by atoms with Crippen molar-refractivity contribution >= 4 is 39.6 Å². The van der Waals surface area contributed by atoms with Crippen LogP contribution in [0.5, 0.6) is 0 Å². The predicted octanol–water partition coefficient (Wildman–Crippen LogP) is 5.57. The maximum Gasteiger partial charge on any atom is 0.335 e. The van der Waals surface area contributed by atoms with Gasteiger partial charge in [0.05, 0.1) is 64.5 Å². The molecule has 2 atom stereocenters. The van der Waals surface area contributed by atoms with E-state index in [1.54, 1.807) is 24.3 Å². The number of nitrogens with zero attached hydrogens (tertiary/aromatic N) is 6. The Kier molecular flexibility index (Phi) is 6.70. The van der Waals surface area contributed by atoms with Crippen LogP contribution in [0.4, 0.5) is 0 Å². The van der Waals surface area contributed by atoms with Crippen molar-refractivity contribution in [2.45, 2.75) is 51.5 Å². The lowest BCUT2D eigenvalue weighted by atomic mass is 9.99. The lowest BCUT2D eigenvalue weighted by molar-refractivity contribution is -0.0592. The summed E-state index contributed by atoms with van der Waals surface area (Å²) < 4.78 is 10.2. The van der Waals surface area contributed by atoms with Crippen molar-refractivity contribution in [1.82, 2.24) is 24.0 Å². The van der Waals surface area contributed by atoms with Gasteiger partial charge in [0, 0.05) is 31.1 Å². The highest BCUT2D eigenvalue weighted by Crippen LogP contribution is 2.33. The van der Waals surface area contributed by atoms with Crippen molar-refractivity contribution in [2.75, 3.05) is 13.2 Å². The molecule has 212 valence electrons. The first-order valence-electron chi connectivity index (χ1n) is 14.1. The number of hydrogen-bond donors (Lipinski definition) is 1. The van der Waals surface area contributed by atoms with Gasteiger partial charge >= 0.3 is 5.97 Å². The van der Waals surface area contributed by atoms with Gasteiger partial charge in [0.1, 0.15) is 11.6 Å². The summed E-state index contributed by atoms with van der Waals surface area (Å²) in [5.41, 5.74) is 6.48. The van der Waals surface area contributed by atoms with Gasteiger partial charge in [-0.05, 0) is 60.9 Å². The minimum atomic E-state index is -0.950. The Morgan fingerprint density at radius 1 is 1.12 bits per heavy atom. The molecule has 1 N–H and O–H groups in total. The molecule has 0 spiro atoms. The Morgan fingerprint density at radius 3 is 2.74 bits per heavy atom. The fraction of sp³-hybridized carbons (Fsp3) is 0.312. The number of aromatic nitrogens is 4. The fourth-order valence-electron chi connectivity index (χ4n) is 6.18. The summed E-state index contributed by atoms with van der Waals surface area (Å²) in [6, 6.07) is 19.1. The summed E-state index contributed by atoms with van der Waals surface area (Å²) in [6.07, 6.45) is 1.69. The monoisotopic (exact) mass is 580 g/mol. The molecule has 0 aliphatic carbocycles. The zero-order valence-corrected chi connectivity index (χ0v) is 23.9. The molecular weight excluding hydrogens is 552 g/mol. The van der Waals surface area contributed by atoms with Gasteiger partial charge in [-0.2, -0.15) is 5.26 Å². The highest BCUT2D eigenvalue weighted by molar-refractivity contribution is 6.30. The van der Waals surface area contributed by atoms with Crippen molar-refractivity contribution in [3.05, 3.63) is 93.5 Å². The Morgan fingerprint density at radius 2 is 1.98 bits per heavy atom. The van der Waals surface area contributed by atoms with Gasteiger partial charge in [-0.25, -0.2) is 14.8 Å². The Balaban J connectivity index is 1.21. The first-order chi connectivity index (χ1) is 20.4. The average Bonchev–Trinajstić information content (AvgIpc) is 3.51. The smallest absolute Gasteiger partial charge is 0.335 e. The quantitative estimate of drug-likeness (QED) is 0.268. The Hall–Kier alpha value is -4.23. The van der Waals surface area contributed by atoms with Crippen molar-refractivity contribution in [3.63, 3.8) is 0 Å². The van der Waals surface area contributed by atoms with Gasteiger partial charge in [0.15, 0.2) is 0 Å². The van der Waals surface area contributed by atoms with Crippen LogP contribution >= 0.6 is 11.6 Å². The van der Waals surface area contributed by atoms with Gasteiger partial charge in [0.2, 0.25) is 0 Å². The van der Waals surface area contributed by atoms with Crippen LogP contribution in [-0.4, -0.2) is 54.3 Å². The number of carboxylic acids is 1. The van der Waals surface area contributed by atoms with Gasteiger partial charge in [-0.3, -0.25) is 4.90 Å². The summed E-state index contributed by atoms with van der Waals surface area (Å²) in [4.78, 5) is 24.2. The number of fused-ring (bicyclic) bond motifs is 4. The van der Waals surface area contributed by atoms with Crippen molar-refractivity contribution in [2.24, 2.45) is 0 Å². The Bertz CT molecular complexity index is 1900. The number of halogens is 1. The molecule has 7 rings (SSSR count). The normalized spacial score (nSPS) is 18.6. The van der Waals surface area contributed by atoms with Crippen LogP contribution in [-0.2, 0) is 30.8 Å². The fourth-order valence-corrected chi connectivity index (χ4v) is 6.35. The number of carboxylic acid groups (broad SMARTS) is 1. The standard InChI is InChI=1S/C32H29ClN6O3/c1-19-31-36-30-21(13-20-5-7-24(33)14-23(20)16-34)3-2-4-27(30)38(31)11-10-37(19)18-29-35-26-8-6-22(32(40)41)15-28(26)39(29)17-25-9-12-42-25/h2-8,14-15,19,25H,9-13,17-18H2,1H3,(H,40,41)/t19-,25-/m0/s1. The van der Waals surface area contributed by atoms with E-state index >= 15 is 0 Å². The number of benzene rings is 3. The van der Waals surface area contributed by atoms with E-state index in [9.17, 15) is 15.2 Å². The zero-order chi connectivity index (χ0) is 29.0. The molecule has 42 heavy (non-hydrogen) atoms. The summed E-state index contributed by atoms with van der Waals surface area (Å²) in [5.74, 6) is 0.944. The molecule has 3 aromatic carbocycles. The van der Waals surface area contributed by atoms with E-state index in [4.69, 9.17) is 26.3 Å². The largest absolute Gasteiger partial charge is 0.478 e. The topological polar surface area (TPSA) is 109 Å². The molecule has 0 amide bonds. The molecule has 10 heteroatoms. The summed E-state index contributed by atoms with van der Waals surface area (Å²) >= 11 is 6.13. The number of carbonyl (C=O) groups is 1. The molecule has 1 saturated heterocycles. The second kappa shape index (κ2) is 10.6. The van der Waals surface area contributed by atoms with Crippen LogP contribution in [0.15, 0.2) is 54.6 Å². The summed E-state index contributed by atoms with van der Waals surface area (Å²) in [6.45, 7) is 5.80. The highest BCUT2D eigenvalue weighted by atomic mass is 35.5. The third kappa shape index (κ3) is 4.62. The molecule has 5 aromatic rings. The van der Waals surface area contributed by atoms with Crippen molar-refractivity contribution in [3.8, 4) is 6.07 Å². The SMILES string of the molecule is C[C@H]1c2nc3c(Cc4ccc(Cl)cc4C#N)cccc3n2CCN1Cc1nc2ccc(C(=O)O)cc2n1C[C@@H]1CCO1. The van der Waals surface area contributed by atoms with Gasteiger partial charge in [-0.1, -0.05) is 29.8 Å². The maximum absolute atomic E-state index is 11.7. The molecule has 2 aromatic heterocycles. The van der Waals surface area contributed by atoms with Crippen LogP contribution in [0.1, 0.15) is 58.1 Å². The average molecular weight is 581 g/mol.